The zero-order valence-corrected chi connectivity index (χ0v) is 7.82. The fourth-order valence-corrected chi connectivity index (χ4v) is 1.57. The molecule has 1 aliphatic heterocycles. The lowest BCUT2D eigenvalue weighted by Crippen LogP contribution is -2.56. The highest BCUT2D eigenvalue weighted by molar-refractivity contribution is 6.20. The number of ether oxygens (including phenoxy) is 1. The van der Waals surface area contributed by atoms with E-state index in [1.165, 1.54) is 0 Å². The predicted molar refractivity (Wildman–Crippen MR) is 46.5 cm³/mol. The quantitative estimate of drug-likeness (QED) is 0.249. The number of hydrogen-bond acceptors (Lipinski definition) is 5. The minimum Gasteiger partial charge on any atom is -0.394 e. The van der Waals surface area contributed by atoms with Gasteiger partial charge in [0.25, 0.3) is 0 Å². The fraction of sp³-hybridized carbons (Fsp3) is 1.00. The van der Waals surface area contributed by atoms with E-state index in [9.17, 15) is 10.2 Å². The van der Waals surface area contributed by atoms with E-state index >= 15 is 0 Å². The first kappa shape index (κ1) is 11.5. The average Bonchev–Trinajstić information content (AvgIpc) is 2.18. The highest BCUT2D eigenvalue weighted by Crippen LogP contribution is 2.25. The van der Waals surface area contributed by atoms with Gasteiger partial charge in [-0.15, -0.1) is 0 Å². The summed E-state index contributed by atoms with van der Waals surface area (Å²) in [7, 11) is 0. The summed E-state index contributed by atoms with van der Waals surface area (Å²) in [5.74, 6) is 0. The zero-order chi connectivity index (χ0) is 10.7. The molecule has 0 aromatic carbocycles. The molecule has 1 aliphatic rings. The molecular formula is C6H10ClN3O4. The Bertz CT molecular complexity index is 247. The number of nitrogens with zero attached hydrogens (tertiary/aromatic N) is 3. The first-order chi connectivity index (χ1) is 6.61. The molecule has 0 spiro atoms. The second-order valence-electron chi connectivity index (χ2n) is 2.88. The van der Waals surface area contributed by atoms with Gasteiger partial charge >= 0.3 is 0 Å². The Kier molecular flexibility index (Phi) is 3.94. The van der Waals surface area contributed by atoms with E-state index in [1.54, 1.807) is 0 Å². The van der Waals surface area contributed by atoms with Crippen molar-refractivity contribution in [3.05, 3.63) is 10.4 Å². The van der Waals surface area contributed by atoms with Gasteiger partial charge in [-0.3, -0.25) is 0 Å². The number of halogens is 1. The number of azide groups is 1. The SMILES string of the molecule is [N-]=[N+]=N[C@@H]1C(O)[C@@H](O)C(CO)O[C@H]1Cl. The van der Waals surface area contributed by atoms with Crippen LogP contribution in [0.25, 0.3) is 10.4 Å². The Morgan fingerprint density at radius 2 is 2.07 bits per heavy atom. The maximum absolute atomic E-state index is 9.45. The average molecular weight is 224 g/mol. The Balaban J connectivity index is 2.78. The second kappa shape index (κ2) is 4.79. The summed E-state index contributed by atoms with van der Waals surface area (Å²) < 4.78 is 4.92. The molecule has 3 N–H and O–H groups in total. The third kappa shape index (κ3) is 2.09. The van der Waals surface area contributed by atoms with Crippen LogP contribution >= 0.6 is 11.6 Å². The summed E-state index contributed by atoms with van der Waals surface area (Å²) >= 11 is 5.63. The molecule has 0 bridgehead atoms. The zero-order valence-electron chi connectivity index (χ0n) is 7.06. The van der Waals surface area contributed by atoms with Crippen LogP contribution in [0.4, 0.5) is 0 Å². The number of hydrogen-bond donors (Lipinski definition) is 3. The van der Waals surface area contributed by atoms with Crippen molar-refractivity contribution >= 4 is 11.6 Å². The summed E-state index contributed by atoms with van der Waals surface area (Å²) in [4.78, 5) is 2.47. The molecule has 8 heteroatoms. The van der Waals surface area contributed by atoms with Crippen LogP contribution in [0.5, 0.6) is 0 Å². The molecule has 14 heavy (non-hydrogen) atoms. The standard InChI is InChI=1S/C6H10ClN3O4/c7-6-3(9-10-8)5(13)4(12)2(1-11)14-6/h2-6,11-13H,1H2/t2?,3-,4+,5?,6-/m1/s1. The molecule has 80 valence electrons. The van der Waals surface area contributed by atoms with Crippen LogP contribution in [-0.2, 0) is 4.74 Å². The molecule has 2 unspecified atom stereocenters. The summed E-state index contributed by atoms with van der Waals surface area (Å²) in [6.45, 7) is -0.468. The van der Waals surface area contributed by atoms with E-state index in [0.717, 1.165) is 0 Å². The Morgan fingerprint density at radius 3 is 2.57 bits per heavy atom. The van der Waals surface area contributed by atoms with Gasteiger partial charge < -0.3 is 20.1 Å². The maximum Gasteiger partial charge on any atom is 0.142 e. The van der Waals surface area contributed by atoms with Crippen LogP contribution in [-0.4, -0.2) is 51.8 Å². The van der Waals surface area contributed by atoms with Gasteiger partial charge in [0.2, 0.25) is 0 Å². The van der Waals surface area contributed by atoms with Gasteiger partial charge in [-0.25, -0.2) is 0 Å². The third-order valence-electron chi connectivity index (χ3n) is 2.02. The van der Waals surface area contributed by atoms with Crippen LogP contribution in [0, 0.1) is 0 Å². The Hall–Kier alpha value is -0.560. The monoisotopic (exact) mass is 223 g/mol. The summed E-state index contributed by atoms with van der Waals surface area (Å²) in [5.41, 5.74) is 7.11. The van der Waals surface area contributed by atoms with Crippen molar-refractivity contribution in [3.8, 4) is 0 Å². The van der Waals surface area contributed by atoms with Crippen molar-refractivity contribution in [2.24, 2.45) is 5.11 Å². The van der Waals surface area contributed by atoms with Crippen LogP contribution < -0.4 is 0 Å². The van der Waals surface area contributed by atoms with E-state index in [1.807, 2.05) is 0 Å². The van der Waals surface area contributed by atoms with Crippen molar-refractivity contribution in [1.29, 1.82) is 0 Å². The van der Waals surface area contributed by atoms with E-state index in [2.05, 4.69) is 10.0 Å². The topological polar surface area (TPSA) is 119 Å². The van der Waals surface area contributed by atoms with Crippen molar-refractivity contribution in [3.63, 3.8) is 0 Å². The molecule has 0 aromatic rings. The van der Waals surface area contributed by atoms with Crippen molar-refractivity contribution < 1.29 is 20.1 Å². The molecule has 0 aromatic heterocycles. The molecule has 1 saturated heterocycles. The van der Waals surface area contributed by atoms with Gasteiger partial charge in [0, 0.05) is 4.91 Å². The lowest BCUT2D eigenvalue weighted by atomic mass is 9.99. The van der Waals surface area contributed by atoms with E-state index in [0.29, 0.717) is 0 Å². The van der Waals surface area contributed by atoms with Gasteiger partial charge in [0.1, 0.15) is 23.8 Å². The predicted octanol–water partition coefficient (Wildman–Crippen LogP) is -0.657. The van der Waals surface area contributed by atoms with E-state index in [4.69, 9.17) is 27.0 Å². The molecule has 0 saturated carbocycles. The van der Waals surface area contributed by atoms with Gasteiger partial charge in [-0.1, -0.05) is 16.7 Å². The van der Waals surface area contributed by atoms with Gasteiger partial charge in [0.15, 0.2) is 0 Å². The highest BCUT2D eigenvalue weighted by Gasteiger charge is 2.42. The second-order valence-corrected chi connectivity index (χ2v) is 3.32. The molecule has 1 rings (SSSR count). The fourth-order valence-electron chi connectivity index (χ4n) is 1.24. The molecule has 0 aliphatic carbocycles. The highest BCUT2D eigenvalue weighted by atomic mass is 35.5. The first-order valence-electron chi connectivity index (χ1n) is 3.92. The molecule has 5 atom stereocenters. The van der Waals surface area contributed by atoms with Gasteiger partial charge in [0.05, 0.1) is 12.7 Å². The lowest BCUT2D eigenvalue weighted by Gasteiger charge is -2.37. The normalized spacial score (nSPS) is 43.0. The summed E-state index contributed by atoms with van der Waals surface area (Å²) in [5, 5.41) is 30.8. The lowest BCUT2D eigenvalue weighted by molar-refractivity contribution is -0.167. The smallest absolute Gasteiger partial charge is 0.142 e. The van der Waals surface area contributed by atoms with Crippen molar-refractivity contribution in [2.75, 3.05) is 6.61 Å². The summed E-state index contributed by atoms with van der Waals surface area (Å²) in [6, 6.07) is -1.06. The Labute approximate surface area is 84.5 Å². The van der Waals surface area contributed by atoms with Gasteiger partial charge in [-0.05, 0) is 5.53 Å². The Morgan fingerprint density at radius 1 is 1.43 bits per heavy atom. The molecule has 0 amide bonds. The number of aliphatic hydroxyl groups is 3. The molecule has 1 fully saturated rings. The molecule has 1 heterocycles. The van der Waals surface area contributed by atoms with Crippen molar-refractivity contribution in [2.45, 2.75) is 29.9 Å². The van der Waals surface area contributed by atoms with Crippen LogP contribution in [0.2, 0.25) is 0 Å². The first-order valence-corrected chi connectivity index (χ1v) is 4.36. The van der Waals surface area contributed by atoms with Crippen molar-refractivity contribution in [1.82, 2.24) is 0 Å². The van der Waals surface area contributed by atoms with Crippen LogP contribution in [0.15, 0.2) is 5.11 Å². The van der Waals surface area contributed by atoms with Gasteiger partial charge in [-0.2, -0.15) is 0 Å². The molecule has 7 nitrogen and oxygen atoms in total. The largest absolute Gasteiger partial charge is 0.394 e. The maximum atomic E-state index is 9.45. The summed E-state index contributed by atoms with van der Waals surface area (Å²) in [6.07, 6.45) is -3.61. The number of alkyl halides is 1. The molecular weight excluding hydrogens is 214 g/mol. The third-order valence-corrected chi connectivity index (χ3v) is 2.38. The van der Waals surface area contributed by atoms with E-state index < -0.39 is 36.5 Å². The number of rotatable bonds is 2. The molecule has 0 radical (unpaired) electrons. The number of aliphatic hydroxyl groups excluding tert-OH is 3. The minimum absolute atomic E-state index is 0.468. The van der Waals surface area contributed by atoms with Crippen LogP contribution in [0.3, 0.4) is 0 Å². The van der Waals surface area contributed by atoms with E-state index in [-0.39, 0.29) is 0 Å². The van der Waals surface area contributed by atoms with Crippen LogP contribution in [0.1, 0.15) is 0 Å². The minimum atomic E-state index is -1.33.